The summed E-state index contributed by atoms with van der Waals surface area (Å²) in [5.74, 6) is -4.68. The highest BCUT2D eigenvalue weighted by atomic mass is 16.8. The van der Waals surface area contributed by atoms with Gasteiger partial charge in [0, 0.05) is 69.0 Å². The Balaban J connectivity index is 0.000000132. The Hall–Kier alpha value is -12.4. The van der Waals surface area contributed by atoms with Gasteiger partial charge in [0.25, 0.3) is 17.7 Å². The molecule has 6 aromatic heterocycles. The van der Waals surface area contributed by atoms with Crippen LogP contribution in [0.25, 0.3) is 33.5 Å². The Morgan fingerprint density at radius 3 is 1.03 bits per heavy atom. The number of carboxylic acid groups (broad SMARTS) is 3. The summed E-state index contributed by atoms with van der Waals surface area (Å²) >= 11 is 0. The third-order valence-electron chi connectivity index (χ3n) is 21.6. The Morgan fingerprint density at radius 1 is 0.381 bits per heavy atom. The quantitative estimate of drug-likeness (QED) is 0.0575. The Morgan fingerprint density at radius 2 is 0.712 bits per heavy atom. The lowest BCUT2D eigenvalue weighted by Gasteiger charge is -2.35. The van der Waals surface area contributed by atoms with Gasteiger partial charge in [-0.1, -0.05) is 91.0 Å². The summed E-state index contributed by atoms with van der Waals surface area (Å²) in [4.78, 5) is 155. The topological polar surface area (TPSA) is 510 Å². The second-order valence-corrected chi connectivity index (χ2v) is 28.9. The number of anilines is 3. The number of hydrogen-bond donors (Lipinski definition) is 9. The van der Waals surface area contributed by atoms with Crippen LogP contribution in [0.4, 0.5) is 31.8 Å². The number of nitrogens with zero attached hydrogens (tertiary/aromatic N) is 15. The lowest BCUT2D eigenvalue weighted by atomic mass is 10.00. The SMILES string of the molecule is CCNC(=O)Nc1ncnc2c1ncn2C1OC(C(=O)N2CCCC[C@H]2C(=O)O)C2O[C@H](c3ccccc3)OC21.CCNC(=O)Nc1ncnc2c1ncn2C1OC(C(=O)N2CC[C@H](C(=O)O)C2)C2O[C@H](c3ccccc3)OC21.CCNC(=O)Nc1ncnc2c1ncn2C1OC(C(=O)N2CC[C@H](C(=O)O)C2)C2O[C@H](c3ccccc3)OC21. The second-order valence-electron chi connectivity index (χ2n) is 28.9. The predicted molar refractivity (Wildman–Crippen MR) is 404 cm³/mol. The number of carboxylic acids is 3. The number of ether oxygens (including phenoxy) is 9. The number of rotatable bonds is 18. The van der Waals surface area contributed by atoms with E-state index in [0.29, 0.717) is 98.4 Å². The first kappa shape index (κ1) is 79.4. The third kappa shape index (κ3) is 15.8. The molecule has 9 fully saturated rings. The molecule has 0 saturated carbocycles. The molecule has 0 radical (unpaired) electrons. The van der Waals surface area contributed by atoms with E-state index in [1.165, 1.54) is 52.7 Å². The van der Waals surface area contributed by atoms with Crippen molar-refractivity contribution in [1.82, 2.24) is 89.2 Å². The van der Waals surface area contributed by atoms with E-state index in [9.17, 15) is 58.5 Å². The molecule has 18 atom stereocenters. The Bertz CT molecular complexity index is 5010. The van der Waals surface area contributed by atoms with Crippen molar-refractivity contribution in [2.45, 2.75) is 151 Å². The van der Waals surface area contributed by atoms with Gasteiger partial charge in [-0.05, 0) is 52.9 Å². The van der Waals surface area contributed by atoms with Gasteiger partial charge >= 0.3 is 36.0 Å². The molecule has 0 aliphatic carbocycles. The van der Waals surface area contributed by atoms with E-state index in [1.807, 2.05) is 91.0 Å². The summed E-state index contributed by atoms with van der Waals surface area (Å²) in [7, 11) is 0. The second kappa shape index (κ2) is 34.4. The molecule has 9 aliphatic rings. The first-order chi connectivity index (χ1) is 57.3. The van der Waals surface area contributed by atoms with E-state index in [4.69, 9.17) is 42.6 Å². The minimum atomic E-state index is -1.11. The van der Waals surface area contributed by atoms with E-state index in [1.54, 1.807) is 34.5 Å². The zero-order chi connectivity index (χ0) is 82.0. The molecular weight excluding hydrogens is 1540 g/mol. The van der Waals surface area contributed by atoms with Gasteiger partial charge < -0.3 is 88.6 Å². The van der Waals surface area contributed by atoms with Gasteiger partial charge in [0.15, 0.2) is 107 Å². The fraction of sp³-hybridized carbons (Fsp3) is 0.447. The van der Waals surface area contributed by atoms with Crippen LogP contribution in [0.2, 0.25) is 0 Å². The van der Waals surface area contributed by atoms with E-state index < -0.39 is 152 Å². The maximum Gasteiger partial charge on any atom is 0.326 e. The third-order valence-corrected chi connectivity index (χ3v) is 21.6. The average molecular weight is 1630 g/mol. The molecule has 3 aromatic carbocycles. The molecule has 0 bridgehead atoms. The number of hydrogen-bond acceptors (Lipinski definition) is 27. The van der Waals surface area contributed by atoms with Crippen LogP contribution >= 0.6 is 0 Å². The Kier molecular flexibility index (Phi) is 23.2. The largest absolute Gasteiger partial charge is 0.481 e. The maximum atomic E-state index is 13.8. The number of aliphatic carboxylic acids is 3. The van der Waals surface area contributed by atoms with Crippen LogP contribution in [0.3, 0.4) is 0 Å². The number of likely N-dealkylation sites (tertiary alicyclic amines) is 3. The number of urea groups is 3. The number of nitrogens with one attached hydrogen (secondary N) is 6. The van der Waals surface area contributed by atoms with Crippen molar-refractivity contribution in [1.29, 1.82) is 0 Å². The average Bonchev–Trinajstić information content (AvgIpc) is 1.59. The van der Waals surface area contributed by atoms with Crippen LogP contribution in [0.1, 0.15) is 107 Å². The molecule has 9 aliphatic heterocycles. The number of imidazole rings is 3. The van der Waals surface area contributed by atoms with Gasteiger partial charge in [-0.25, -0.2) is 64.0 Å². The molecule has 618 valence electrons. The number of piperidine rings is 1. The zero-order valence-electron chi connectivity index (χ0n) is 63.6. The zero-order valence-corrected chi connectivity index (χ0v) is 63.6. The van der Waals surface area contributed by atoms with Crippen LogP contribution in [0, 0.1) is 11.8 Å². The Labute approximate surface area is 669 Å². The number of fused-ring (bicyclic) bond motifs is 6. The minimum absolute atomic E-state index is 0.106. The highest BCUT2D eigenvalue weighted by Gasteiger charge is 2.61. The molecule has 118 heavy (non-hydrogen) atoms. The van der Waals surface area contributed by atoms with Crippen LogP contribution in [-0.4, -0.2) is 256 Å². The van der Waals surface area contributed by atoms with Gasteiger partial charge in [0.2, 0.25) is 0 Å². The molecule has 9 aromatic rings. The predicted octanol–water partition coefficient (Wildman–Crippen LogP) is 4.38. The molecule has 42 nitrogen and oxygen atoms in total. The summed E-state index contributed by atoms with van der Waals surface area (Å²) in [6.07, 6.45) is -1.51. The summed E-state index contributed by atoms with van der Waals surface area (Å²) in [6, 6.07) is 25.8. The number of benzene rings is 3. The normalized spacial score (nSPS) is 27.9. The van der Waals surface area contributed by atoms with Crippen LogP contribution < -0.4 is 31.9 Å². The van der Waals surface area contributed by atoms with Gasteiger partial charge in [-0.2, -0.15) is 0 Å². The molecule has 9 N–H and O–H groups in total. The van der Waals surface area contributed by atoms with Gasteiger partial charge in [0.1, 0.15) is 61.6 Å². The number of carbonyl (C=O) groups is 9. The molecule has 42 heteroatoms. The number of amides is 9. The molecule has 9 amide bonds. The van der Waals surface area contributed by atoms with Crippen molar-refractivity contribution < 1.29 is 101 Å². The molecule has 15 heterocycles. The van der Waals surface area contributed by atoms with Crippen molar-refractivity contribution >= 4 is 105 Å². The van der Waals surface area contributed by atoms with Crippen LogP contribution in [-0.2, 0) is 71.4 Å². The van der Waals surface area contributed by atoms with E-state index in [2.05, 4.69) is 76.8 Å². The highest BCUT2D eigenvalue weighted by molar-refractivity contribution is 5.98. The molecular formula is C76H83N21O21. The first-order valence-electron chi connectivity index (χ1n) is 38.6. The lowest BCUT2D eigenvalue weighted by Crippen LogP contribution is -2.53. The summed E-state index contributed by atoms with van der Waals surface area (Å²) < 4.78 is 61.4. The van der Waals surface area contributed by atoms with Gasteiger partial charge in [-0.15, -0.1) is 0 Å². The molecule has 9 saturated heterocycles. The van der Waals surface area contributed by atoms with Crippen molar-refractivity contribution in [3.05, 3.63) is 146 Å². The van der Waals surface area contributed by atoms with Crippen LogP contribution in [0.15, 0.2) is 129 Å². The number of aromatic nitrogens is 12. The molecule has 18 rings (SSSR count). The summed E-state index contributed by atoms with van der Waals surface area (Å²) in [5.41, 5.74) is 4.43. The highest BCUT2D eigenvalue weighted by Crippen LogP contribution is 2.50. The summed E-state index contributed by atoms with van der Waals surface area (Å²) in [5, 5.41) is 44.5. The van der Waals surface area contributed by atoms with E-state index in [0.717, 1.165) is 23.1 Å². The fourth-order valence-corrected chi connectivity index (χ4v) is 15.9. The maximum absolute atomic E-state index is 13.8. The molecule has 12 unspecified atom stereocenters. The van der Waals surface area contributed by atoms with Crippen molar-refractivity contribution in [3.63, 3.8) is 0 Å². The first-order valence-corrected chi connectivity index (χ1v) is 38.6. The minimum Gasteiger partial charge on any atom is -0.481 e. The van der Waals surface area contributed by atoms with Crippen molar-refractivity contribution in [3.8, 4) is 0 Å². The van der Waals surface area contributed by atoms with Crippen LogP contribution in [0.5, 0.6) is 0 Å². The summed E-state index contributed by atoms with van der Waals surface area (Å²) in [6.45, 7) is 7.86. The fourth-order valence-electron chi connectivity index (χ4n) is 15.9. The van der Waals surface area contributed by atoms with Gasteiger partial charge in [0.05, 0.1) is 30.8 Å². The van der Waals surface area contributed by atoms with E-state index >= 15 is 0 Å². The monoisotopic (exact) mass is 1630 g/mol. The standard InChI is InChI=1S/C26H29N7O7.2C25H27N7O7/c1-2-27-26(37)31-20-16-21(29-12-28-20)33(13-30-16)23-19-17(39-25(40-19)14-8-4-3-5-9-14)18(38-23)22(34)32-11-7-6-10-15(32)24(35)36;2*1-2-26-25(36)30-19-15-20(28-11-27-19)32(12-29-15)22-18-16(38-24(39-18)13-6-4-3-5-7-13)17(37-22)21(33)31-9-8-14(10-31)23(34)35/h3-5,8-9,12-13,15,17-19,23,25H,2,6-7,10-11H2,1H3,(H,35,36)(H2,27,28,29,31,37);2*3-7,11-12,14,16-18,22,24H,2,8-10H2,1H3,(H,34,35)(H2,26,27,28,30,36)/t15-,17?,18?,19?,23?,25-;2*14-,16?,17?,18?,22?,24-/m000/s1. The number of carbonyl (C=O) groups excluding carboxylic acids is 6. The van der Waals surface area contributed by atoms with Crippen molar-refractivity contribution in [2.75, 3.05) is 68.3 Å². The van der Waals surface area contributed by atoms with Gasteiger partial charge in [-0.3, -0.25) is 53.6 Å². The molecule has 0 spiro atoms. The van der Waals surface area contributed by atoms with E-state index in [-0.39, 0.29) is 42.4 Å². The van der Waals surface area contributed by atoms with Crippen molar-refractivity contribution in [2.24, 2.45) is 11.8 Å². The smallest absolute Gasteiger partial charge is 0.326 e. The lowest BCUT2D eigenvalue weighted by molar-refractivity contribution is -0.174.